The fraction of sp³-hybridized carbons (Fsp3) is 0.250. The van der Waals surface area contributed by atoms with Crippen molar-refractivity contribution in [3.05, 3.63) is 64.4 Å². The fourth-order valence-electron chi connectivity index (χ4n) is 2.71. The number of para-hydroxylation sites is 1. The summed E-state index contributed by atoms with van der Waals surface area (Å²) in [7, 11) is 0. The van der Waals surface area contributed by atoms with Crippen molar-refractivity contribution in [1.29, 1.82) is 0 Å². The fourth-order valence-corrected chi connectivity index (χ4v) is 4.05. The second-order valence-electron chi connectivity index (χ2n) is 6.15. The van der Waals surface area contributed by atoms with E-state index >= 15 is 0 Å². The Labute approximate surface area is 183 Å². The lowest BCUT2D eigenvalue weighted by atomic mass is 10.3. The number of halogens is 2. The number of amides is 1. The smallest absolute Gasteiger partial charge is 0.234 e. The maximum atomic E-state index is 12.3. The van der Waals surface area contributed by atoms with Gasteiger partial charge in [-0.05, 0) is 44.2 Å². The number of anilines is 1. The van der Waals surface area contributed by atoms with E-state index in [0.29, 0.717) is 33.3 Å². The van der Waals surface area contributed by atoms with E-state index in [1.807, 2.05) is 48.7 Å². The third-order valence-corrected chi connectivity index (χ3v) is 5.36. The van der Waals surface area contributed by atoms with Gasteiger partial charge in [0.05, 0.1) is 5.75 Å². The molecule has 0 aliphatic carbocycles. The normalized spacial score (nSPS) is 11.9. The lowest BCUT2D eigenvalue weighted by molar-refractivity contribution is -0.113. The summed E-state index contributed by atoms with van der Waals surface area (Å²) in [6.07, 6.45) is -0.276. The van der Waals surface area contributed by atoms with Gasteiger partial charge in [0.2, 0.25) is 5.91 Å². The summed E-state index contributed by atoms with van der Waals surface area (Å²) in [4.78, 5) is 12.3. The molecule has 6 nitrogen and oxygen atoms in total. The lowest BCUT2D eigenvalue weighted by Gasteiger charge is -2.15. The summed E-state index contributed by atoms with van der Waals surface area (Å²) in [6.45, 7) is 4.59. The Morgan fingerprint density at radius 2 is 1.86 bits per heavy atom. The van der Waals surface area contributed by atoms with Gasteiger partial charge in [0.25, 0.3) is 0 Å². The van der Waals surface area contributed by atoms with Crippen LogP contribution in [0.4, 0.5) is 5.69 Å². The molecular formula is C20H20Cl2N4O2S. The predicted molar refractivity (Wildman–Crippen MR) is 117 cm³/mol. The summed E-state index contributed by atoms with van der Waals surface area (Å²) < 4.78 is 7.89. The van der Waals surface area contributed by atoms with Crippen molar-refractivity contribution in [2.24, 2.45) is 0 Å². The number of hydrogen-bond donors (Lipinski definition) is 1. The van der Waals surface area contributed by atoms with Crippen molar-refractivity contribution >= 4 is 46.6 Å². The molecule has 0 bridgehead atoms. The molecule has 152 valence electrons. The lowest BCUT2D eigenvalue weighted by Crippen LogP contribution is -2.15. The number of nitrogens with zero attached hydrogens (tertiary/aromatic N) is 3. The number of ether oxygens (including phenoxy) is 1. The molecule has 1 amide bonds. The maximum absolute atomic E-state index is 12.3. The highest BCUT2D eigenvalue weighted by molar-refractivity contribution is 7.99. The molecule has 0 spiro atoms. The number of thioether (sulfide) groups is 1. The summed E-state index contributed by atoms with van der Waals surface area (Å²) >= 11 is 13.2. The molecule has 29 heavy (non-hydrogen) atoms. The third kappa shape index (κ3) is 5.88. The van der Waals surface area contributed by atoms with Gasteiger partial charge in [-0.2, -0.15) is 0 Å². The molecule has 0 unspecified atom stereocenters. The van der Waals surface area contributed by atoms with Crippen LogP contribution in [0, 0.1) is 0 Å². The number of rotatable bonds is 8. The first-order valence-electron chi connectivity index (χ1n) is 8.99. The Hall–Kier alpha value is -2.22. The predicted octanol–water partition coefficient (Wildman–Crippen LogP) is 5.48. The maximum Gasteiger partial charge on any atom is 0.234 e. The monoisotopic (exact) mass is 450 g/mol. The van der Waals surface area contributed by atoms with Crippen LogP contribution in [-0.4, -0.2) is 26.4 Å². The van der Waals surface area contributed by atoms with Crippen molar-refractivity contribution in [3.63, 3.8) is 0 Å². The van der Waals surface area contributed by atoms with Crippen LogP contribution in [0.2, 0.25) is 10.0 Å². The van der Waals surface area contributed by atoms with Crippen LogP contribution in [0.15, 0.2) is 53.7 Å². The highest BCUT2D eigenvalue weighted by Gasteiger charge is 2.19. The Morgan fingerprint density at radius 3 is 2.52 bits per heavy atom. The molecule has 0 aliphatic heterocycles. The van der Waals surface area contributed by atoms with E-state index in [9.17, 15) is 4.79 Å². The molecular weight excluding hydrogens is 431 g/mol. The van der Waals surface area contributed by atoms with Gasteiger partial charge in [-0.25, -0.2) is 0 Å². The average Bonchev–Trinajstić information content (AvgIpc) is 3.09. The first-order valence-corrected chi connectivity index (χ1v) is 10.7. The number of benzene rings is 2. The highest BCUT2D eigenvalue weighted by Crippen LogP contribution is 2.25. The molecule has 0 saturated heterocycles. The van der Waals surface area contributed by atoms with Gasteiger partial charge in [-0.15, -0.1) is 10.2 Å². The van der Waals surface area contributed by atoms with Crippen molar-refractivity contribution in [2.45, 2.75) is 31.7 Å². The zero-order valence-electron chi connectivity index (χ0n) is 15.9. The summed E-state index contributed by atoms with van der Waals surface area (Å²) in [5.74, 6) is 1.46. The van der Waals surface area contributed by atoms with Crippen LogP contribution in [-0.2, 0) is 11.3 Å². The Balaban J connectivity index is 1.63. The van der Waals surface area contributed by atoms with Gasteiger partial charge in [0.1, 0.15) is 5.75 Å². The van der Waals surface area contributed by atoms with Crippen LogP contribution in [0.3, 0.4) is 0 Å². The van der Waals surface area contributed by atoms with Gasteiger partial charge in [0, 0.05) is 22.3 Å². The molecule has 2 aromatic carbocycles. The van der Waals surface area contributed by atoms with Crippen LogP contribution in [0.5, 0.6) is 5.75 Å². The summed E-state index contributed by atoms with van der Waals surface area (Å²) in [5.41, 5.74) is 0.552. The topological polar surface area (TPSA) is 69.0 Å². The Morgan fingerprint density at radius 1 is 1.17 bits per heavy atom. The van der Waals surface area contributed by atoms with E-state index in [1.54, 1.807) is 18.2 Å². The number of carbonyl (C=O) groups is 1. The molecule has 1 aromatic heterocycles. The second-order valence-corrected chi connectivity index (χ2v) is 7.97. The summed E-state index contributed by atoms with van der Waals surface area (Å²) in [6, 6.07) is 14.5. The number of nitrogens with one attached hydrogen (secondary N) is 1. The standard InChI is InChI=1S/C20H20Cl2N4O2S/c1-3-26-19(13(2)28-17-7-5-4-6-8-17)24-25-20(26)29-12-18(27)23-16-10-14(21)9-15(22)11-16/h4-11,13H,3,12H2,1-2H3,(H,23,27)/t13-/m1/s1. The quantitative estimate of drug-likeness (QED) is 0.460. The number of carbonyl (C=O) groups excluding carboxylic acids is 1. The van der Waals surface area contributed by atoms with Crippen molar-refractivity contribution in [1.82, 2.24) is 14.8 Å². The molecule has 9 heteroatoms. The van der Waals surface area contributed by atoms with E-state index in [0.717, 1.165) is 5.75 Å². The van der Waals surface area contributed by atoms with E-state index < -0.39 is 0 Å². The zero-order chi connectivity index (χ0) is 20.8. The van der Waals surface area contributed by atoms with Gasteiger partial charge in [0.15, 0.2) is 17.1 Å². The zero-order valence-corrected chi connectivity index (χ0v) is 18.3. The minimum atomic E-state index is -0.276. The number of aromatic nitrogens is 3. The summed E-state index contributed by atoms with van der Waals surface area (Å²) in [5, 5.41) is 12.9. The van der Waals surface area contributed by atoms with E-state index in [-0.39, 0.29) is 17.8 Å². The molecule has 0 fully saturated rings. The molecule has 3 rings (SSSR count). The molecule has 0 saturated carbocycles. The van der Waals surface area contributed by atoms with Gasteiger partial charge >= 0.3 is 0 Å². The molecule has 3 aromatic rings. The first kappa shape index (κ1) is 21.5. The van der Waals surface area contributed by atoms with E-state index in [2.05, 4.69) is 15.5 Å². The number of hydrogen-bond acceptors (Lipinski definition) is 5. The minimum Gasteiger partial charge on any atom is -0.483 e. The Kier molecular flexibility index (Phi) is 7.41. The van der Waals surface area contributed by atoms with Crippen molar-refractivity contribution in [3.8, 4) is 5.75 Å². The second kappa shape index (κ2) is 10.0. The average molecular weight is 451 g/mol. The van der Waals surface area contributed by atoms with Crippen LogP contribution in [0.1, 0.15) is 25.8 Å². The first-order chi connectivity index (χ1) is 14.0. The van der Waals surface area contributed by atoms with Crippen LogP contribution in [0.25, 0.3) is 0 Å². The molecule has 0 radical (unpaired) electrons. The van der Waals surface area contributed by atoms with Gasteiger partial charge < -0.3 is 14.6 Å². The molecule has 1 atom stereocenters. The van der Waals surface area contributed by atoms with Crippen LogP contribution >= 0.6 is 35.0 Å². The van der Waals surface area contributed by atoms with E-state index in [1.165, 1.54) is 11.8 Å². The minimum absolute atomic E-state index is 0.177. The highest BCUT2D eigenvalue weighted by atomic mass is 35.5. The molecule has 1 heterocycles. The van der Waals surface area contributed by atoms with Crippen molar-refractivity contribution < 1.29 is 9.53 Å². The molecule has 0 aliphatic rings. The molecule has 1 N–H and O–H groups in total. The van der Waals surface area contributed by atoms with Gasteiger partial charge in [-0.1, -0.05) is 53.2 Å². The largest absolute Gasteiger partial charge is 0.483 e. The van der Waals surface area contributed by atoms with Gasteiger partial charge in [-0.3, -0.25) is 4.79 Å². The van der Waals surface area contributed by atoms with Crippen LogP contribution < -0.4 is 10.1 Å². The Bertz CT molecular complexity index is 962. The third-order valence-electron chi connectivity index (χ3n) is 3.96. The SMILES string of the molecule is CCn1c(SCC(=O)Nc2cc(Cl)cc(Cl)c2)nnc1[C@@H](C)Oc1ccccc1. The van der Waals surface area contributed by atoms with Crippen molar-refractivity contribution in [2.75, 3.05) is 11.1 Å². The van der Waals surface area contributed by atoms with E-state index in [4.69, 9.17) is 27.9 Å².